The molecule has 1 unspecified atom stereocenters. The summed E-state index contributed by atoms with van der Waals surface area (Å²) in [7, 11) is 0. The molecule has 126 valence electrons. The Balaban J connectivity index is 1.63. The second kappa shape index (κ2) is 7.85. The lowest BCUT2D eigenvalue weighted by molar-refractivity contribution is -0.147. The standard InChI is InChI=1S/C18H19NO3S2/c1-13-8-9-19(15-6-2-3-7-16(15)24-13)17(20)12-22-18(21)11-14-5-4-10-23-14/h2-7,10,13H,8-9,11-12H2,1H3. The molecule has 1 amide bonds. The molecule has 3 rings (SSSR count). The van der Waals surface area contributed by atoms with Crippen molar-refractivity contribution in [2.45, 2.75) is 29.9 Å². The molecule has 24 heavy (non-hydrogen) atoms. The van der Waals surface area contributed by atoms with Crippen LogP contribution in [0.1, 0.15) is 18.2 Å². The average molecular weight is 361 g/mol. The van der Waals surface area contributed by atoms with Gasteiger partial charge in [-0.25, -0.2) is 0 Å². The smallest absolute Gasteiger partial charge is 0.311 e. The molecule has 4 nitrogen and oxygen atoms in total. The summed E-state index contributed by atoms with van der Waals surface area (Å²) in [5, 5.41) is 2.37. The zero-order chi connectivity index (χ0) is 16.9. The third-order valence-electron chi connectivity index (χ3n) is 3.80. The highest BCUT2D eigenvalue weighted by Gasteiger charge is 2.24. The van der Waals surface area contributed by atoms with Crippen molar-refractivity contribution < 1.29 is 14.3 Å². The summed E-state index contributed by atoms with van der Waals surface area (Å²) in [6, 6.07) is 11.7. The van der Waals surface area contributed by atoms with Crippen molar-refractivity contribution in [3.63, 3.8) is 0 Å². The maximum Gasteiger partial charge on any atom is 0.311 e. The first-order valence-electron chi connectivity index (χ1n) is 7.87. The third-order valence-corrected chi connectivity index (χ3v) is 5.91. The number of nitrogens with zero attached hydrogens (tertiary/aromatic N) is 1. The number of ether oxygens (including phenoxy) is 1. The number of para-hydroxylation sites is 1. The molecule has 0 N–H and O–H groups in total. The molecule has 0 saturated heterocycles. The minimum absolute atomic E-state index is 0.170. The number of benzene rings is 1. The van der Waals surface area contributed by atoms with Crippen LogP contribution in [-0.4, -0.2) is 30.3 Å². The van der Waals surface area contributed by atoms with Crippen molar-refractivity contribution in [3.8, 4) is 0 Å². The second-order valence-electron chi connectivity index (χ2n) is 5.65. The maximum atomic E-state index is 12.6. The van der Waals surface area contributed by atoms with Gasteiger partial charge in [0.2, 0.25) is 0 Å². The number of thioether (sulfide) groups is 1. The van der Waals surface area contributed by atoms with Crippen LogP contribution in [0.3, 0.4) is 0 Å². The quantitative estimate of drug-likeness (QED) is 0.778. The Bertz CT molecular complexity index is 715. The summed E-state index contributed by atoms with van der Waals surface area (Å²) in [5.74, 6) is -0.534. The number of thiophene rings is 1. The molecular formula is C18H19NO3S2. The third kappa shape index (κ3) is 4.19. The van der Waals surface area contributed by atoms with E-state index < -0.39 is 0 Å². The molecule has 1 aromatic carbocycles. The normalized spacial score (nSPS) is 17.0. The first-order chi connectivity index (χ1) is 11.6. The molecule has 1 aromatic heterocycles. The summed E-state index contributed by atoms with van der Waals surface area (Å²) in [6.45, 7) is 2.60. The molecular weight excluding hydrogens is 342 g/mol. The number of hydrogen-bond acceptors (Lipinski definition) is 5. The van der Waals surface area contributed by atoms with Crippen molar-refractivity contribution in [2.24, 2.45) is 0 Å². The topological polar surface area (TPSA) is 46.6 Å². The van der Waals surface area contributed by atoms with Crippen molar-refractivity contribution in [3.05, 3.63) is 46.7 Å². The lowest BCUT2D eigenvalue weighted by Crippen LogP contribution is -2.36. The van der Waals surface area contributed by atoms with Gasteiger partial charge in [0, 0.05) is 21.6 Å². The van der Waals surface area contributed by atoms with Crippen LogP contribution in [-0.2, 0) is 20.7 Å². The first-order valence-corrected chi connectivity index (χ1v) is 9.63. The number of rotatable bonds is 4. The van der Waals surface area contributed by atoms with Gasteiger partial charge in [0.25, 0.3) is 5.91 Å². The van der Waals surface area contributed by atoms with Crippen LogP contribution in [0.25, 0.3) is 0 Å². The molecule has 1 atom stereocenters. The number of carbonyl (C=O) groups is 2. The van der Waals surface area contributed by atoms with Gasteiger partial charge in [-0.1, -0.05) is 25.1 Å². The average Bonchev–Trinajstić information content (AvgIpc) is 3.01. The van der Waals surface area contributed by atoms with E-state index in [-0.39, 0.29) is 24.9 Å². The van der Waals surface area contributed by atoms with Crippen molar-refractivity contribution >= 4 is 40.7 Å². The Morgan fingerprint density at radius 3 is 2.88 bits per heavy atom. The largest absolute Gasteiger partial charge is 0.455 e. The van der Waals surface area contributed by atoms with Crippen molar-refractivity contribution in [2.75, 3.05) is 18.1 Å². The molecule has 2 heterocycles. The van der Waals surface area contributed by atoms with Crippen molar-refractivity contribution in [1.29, 1.82) is 0 Å². The van der Waals surface area contributed by atoms with Crippen LogP contribution in [0.4, 0.5) is 5.69 Å². The lowest BCUT2D eigenvalue weighted by atomic mass is 10.2. The van der Waals surface area contributed by atoms with E-state index in [1.165, 1.54) is 11.3 Å². The summed E-state index contributed by atoms with van der Waals surface area (Å²) in [4.78, 5) is 28.2. The molecule has 1 aliphatic rings. The highest BCUT2D eigenvalue weighted by atomic mass is 32.2. The molecule has 1 aliphatic heterocycles. The Morgan fingerprint density at radius 2 is 2.08 bits per heavy atom. The highest BCUT2D eigenvalue weighted by molar-refractivity contribution is 8.00. The number of esters is 1. The van der Waals surface area contributed by atoms with Crippen LogP contribution in [0.5, 0.6) is 0 Å². The van der Waals surface area contributed by atoms with Crippen LogP contribution in [0.2, 0.25) is 0 Å². The van der Waals surface area contributed by atoms with E-state index >= 15 is 0 Å². The van der Waals surface area contributed by atoms with E-state index in [2.05, 4.69) is 6.92 Å². The van der Waals surface area contributed by atoms with Gasteiger partial charge in [0.15, 0.2) is 6.61 Å². The molecule has 0 saturated carbocycles. The zero-order valence-electron chi connectivity index (χ0n) is 13.4. The fourth-order valence-electron chi connectivity index (χ4n) is 2.57. The van der Waals surface area contributed by atoms with Crippen molar-refractivity contribution in [1.82, 2.24) is 0 Å². The van der Waals surface area contributed by atoms with Gasteiger partial charge in [0.05, 0.1) is 12.1 Å². The molecule has 0 spiro atoms. The van der Waals surface area contributed by atoms with E-state index in [0.717, 1.165) is 21.9 Å². The highest BCUT2D eigenvalue weighted by Crippen LogP contribution is 2.37. The lowest BCUT2D eigenvalue weighted by Gasteiger charge is -2.22. The predicted octanol–water partition coefficient (Wildman–Crippen LogP) is 3.75. The number of carbonyl (C=O) groups excluding carboxylic acids is 2. The maximum absolute atomic E-state index is 12.6. The number of fused-ring (bicyclic) bond motifs is 1. The van der Waals surface area contributed by atoms with Gasteiger partial charge < -0.3 is 9.64 Å². The van der Waals surface area contributed by atoms with E-state index in [0.29, 0.717) is 11.8 Å². The molecule has 0 fully saturated rings. The Kier molecular flexibility index (Phi) is 5.58. The molecule has 0 aliphatic carbocycles. The molecule has 6 heteroatoms. The molecule has 0 radical (unpaired) electrons. The van der Waals surface area contributed by atoms with Gasteiger partial charge in [-0.15, -0.1) is 23.1 Å². The summed E-state index contributed by atoms with van der Waals surface area (Å²) in [5.41, 5.74) is 0.908. The van der Waals surface area contributed by atoms with Crippen LogP contribution >= 0.6 is 23.1 Å². The van der Waals surface area contributed by atoms with Gasteiger partial charge >= 0.3 is 5.97 Å². The zero-order valence-corrected chi connectivity index (χ0v) is 15.1. The van der Waals surface area contributed by atoms with E-state index in [9.17, 15) is 9.59 Å². The minimum atomic E-state index is -0.364. The van der Waals surface area contributed by atoms with E-state index in [4.69, 9.17) is 4.74 Å². The van der Waals surface area contributed by atoms with Gasteiger partial charge in [-0.05, 0) is 30.0 Å². The van der Waals surface area contributed by atoms with Gasteiger partial charge in [-0.3, -0.25) is 9.59 Å². The SMILES string of the molecule is CC1CCN(C(=O)COC(=O)Cc2cccs2)c2ccccc2S1. The van der Waals surface area contributed by atoms with Crippen LogP contribution < -0.4 is 4.90 Å². The number of hydrogen-bond donors (Lipinski definition) is 0. The fourth-order valence-corrected chi connectivity index (χ4v) is 4.38. The predicted molar refractivity (Wildman–Crippen MR) is 97.7 cm³/mol. The summed E-state index contributed by atoms with van der Waals surface area (Å²) < 4.78 is 5.18. The molecule has 0 bridgehead atoms. The Morgan fingerprint density at radius 1 is 1.25 bits per heavy atom. The van der Waals surface area contributed by atoms with Gasteiger partial charge in [-0.2, -0.15) is 0 Å². The monoisotopic (exact) mass is 361 g/mol. The minimum Gasteiger partial charge on any atom is -0.455 e. The van der Waals surface area contributed by atoms with Crippen LogP contribution in [0.15, 0.2) is 46.7 Å². The van der Waals surface area contributed by atoms with Gasteiger partial charge in [0.1, 0.15) is 0 Å². The number of amides is 1. The van der Waals surface area contributed by atoms with E-state index in [1.54, 1.807) is 16.7 Å². The second-order valence-corrected chi connectivity index (χ2v) is 8.16. The fraction of sp³-hybridized carbons (Fsp3) is 0.333. The Labute approximate surface area is 149 Å². The first kappa shape index (κ1) is 17.0. The Hall–Kier alpha value is -1.79. The summed E-state index contributed by atoms with van der Waals surface area (Å²) >= 11 is 3.29. The van der Waals surface area contributed by atoms with E-state index in [1.807, 2.05) is 41.8 Å². The van der Waals surface area contributed by atoms with Crippen LogP contribution in [0, 0.1) is 0 Å². The number of anilines is 1. The molecule has 2 aromatic rings. The summed E-state index contributed by atoms with van der Waals surface area (Å²) in [6.07, 6.45) is 1.13.